The van der Waals surface area contributed by atoms with E-state index in [4.69, 9.17) is 10.5 Å². The lowest BCUT2D eigenvalue weighted by molar-refractivity contribution is 0.357. The van der Waals surface area contributed by atoms with Crippen LogP contribution < -0.4 is 10.5 Å². The largest absolute Gasteiger partial charge is 0.493 e. The lowest BCUT2D eigenvalue weighted by atomic mass is 10.0. The molecule has 0 amide bonds. The number of hydrogen-bond acceptors (Lipinski definition) is 2. The van der Waals surface area contributed by atoms with Crippen molar-refractivity contribution in [1.29, 1.82) is 0 Å². The minimum Gasteiger partial charge on any atom is -0.493 e. The topological polar surface area (TPSA) is 35.2 Å². The van der Waals surface area contributed by atoms with Gasteiger partial charge in [-0.2, -0.15) is 0 Å². The van der Waals surface area contributed by atoms with Gasteiger partial charge < -0.3 is 10.5 Å². The first-order valence-electron chi connectivity index (χ1n) is 4.53. The number of rotatable bonds is 2. The SMILES string of the molecule is NC/C=C/c1cccc2c1CCO2. The predicted octanol–water partition coefficient (Wildman–Crippen LogP) is 1.59. The molecule has 1 aromatic rings. The van der Waals surface area contributed by atoms with E-state index in [0.29, 0.717) is 6.54 Å². The summed E-state index contributed by atoms with van der Waals surface area (Å²) in [5, 5.41) is 0. The van der Waals surface area contributed by atoms with Crippen molar-refractivity contribution in [2.75, 3.05) is 13.2 Å². The molecule has 0 spiro atoms. The van der Waals surface area contributed by atoms with E-state index in [1.54, 1.807) is 0 Å². The van der Waals surface area contributed by atoms with Crippen LogP contribution in [-0.4, -0.2) is 13.2 Å². The van der Waals surface area contributed by atoms with Crippen molar-refractivity contribution in [3.8, 4) is 5.75 Å². The quantitative estimate of drug-likeness (QED) is 0.740. The minimum absolute atomic E-state index is 0.588. The van der Waals surface area contributed by atoms with Crippen molar-refractivity contribution in [3.63, 3.8) is 0 Å². The van der Waals surface area contributed by atoms with Crippen molar-refractivity contribution < 1.29 is 4.74 Å². The average molecular weight is 175 g/mol. The Hall–Kier alpha value is -1.28. The number of nitrogens with two attached hydrogens (primary N) is 1. The van der Waals surface area contributed by atoms with Crippen molar-refractivity contribution in [3.05, 3.63) is 35.4 Å². The first-order chi connectivity index (χ1) is 6.42. The molecule has 0 fully saturated rings. The Morgan fingerprint density at radius 3 is 3.23 bits per heavy atom. The lowest BCUT2D eigenvalue weighted by Gasteiger charge is -2.01. The second kappa shape index (κ2) is 3.62. The molecule has 1 aromatic carbocycles. The summed E-state index contributed by atoms with van der Waals surface area (Å²) in [5.41, 5.74) is 7.95. The number of ether oxygens (including phenoxy) is 1. The Bertz CT molecular complexity index is 331. The Labute approximate surface area is 78.0 Å². The number of fused-ring (bicyclic) bond motifs is 1. The third kappa shape index (κ3) is 1.58. The first-order valence-corrected chi connectivity index (χ1v) is 4.53. The van der Waals surface area contributed by atoms with E-state index >= 15 is 0 Å². The zero-order valence-corrected chi connectivity index (χ0v) is 7.49. The molecule has 2 N–H and O–H groups in total. The van der Waals surface area contributed by atoms with Crippen molar-refractivity contribution in [2.24, 2.45) is 5.73 Å². The van der Waals surface area contributed by atoms with E-state index in [-0.39, 0.29) is 0 Å². The number of hydrogen-bond donors (Lipinski definition) is 1. The summed E-state index contributed by atoms with van der Waals surface area (Å²) in [4.78, 5) is 0. The van der Waals surface area contributed by atoms with Crippen LogP contribution in [0.5, 0.6) is 5.75 Å². The standard InChI is InChI=1S/C11H13NO/c12-7-2-4-9-3-1-5-11-10(9)6-8-13-11/h1-5H,6-8,12H2/b4-2+. The summed E-state index contributed by atoms with van der Waals surface area (Å²) in [6.45, 7) is 1.40. The smallest absolute Gasteiger partial charge is 0.123 e. The van der Waals surface area contributed by atoms with Gasteiger partial charge in [0.25, 0.3) is 0 Å². The van der Waals surface area contributed by atoms with E-state index in [1.807, 2.05) is 18.2 Å². The van der Waals surface area contributed by atoms with E-state index in [1.165, 1.54) is 11.1 Å². The van der Waals surface area contributed by atoms with Gasteiger partial charge in [0.05, 0.1) is 6.61 Å². The molecule has 2 heteroatoms. The van der Waals surface area contributed by atoms with Gasteiger partial charge in [0, 0.05) is 18.5 Å². The molecule has 2 nitrogen and oxygen atoms in total. The van der Waals surface area contributed by atoms with E-state index in [9.17, 15) is 0 Å². The molecular formula is C11H13NO. The average Bonchev–Trinajstić information content (AvgIpc) is 2.62. The Balaban J connectivity index is 2.36. The summed E-state index contributed by atoms with van der Waals surface area (Å²) in [6.07, 6.45) is 5.04. The zero-order chi connectivity index (χ0) is 9.10. The van der Waals surface area contributed by atoms with Gasteiger partial charge in [-0.1, -0.05) is 24.3 Å². The van der Waals surface area contributed by atoms with Gasteiger partial charge in [0.2, 0.25) is 0 Å². The fraction of sp³-hybridized carbons (Fsp3) is 0.273. The van der Waals surface area contributed by atoms with Gasteiger partial charge in [-0.05, 0) is 11.6 Å². The molecular weight excluding hydrogens is 162 g/mol. The van der Waals surface area contributed by atoms with Gasteiger partial charge in [0.15, 0.2) is 0 Å². The lowest BCUT2D eigenvalue weighted by Crippen LogP contribution is -1.92. The highest BCUT2D eigenvalue weighted by Crippen LogP contribution is 2.28. The van der Waals surface area contributed by atoms with Crippen LogP contribution in [0.2, 0.25) is 0 Å². The van der Waals surface area contributed by atoms with Crippen LogP contribution in [0, 0.1) is 0 Å². The van der Waals surface area contributed by atoms with E-state index in [0.717, 1.165) is 18.8 Å². The van der Waals surface area contributed by atoms with E-state index < -0.39 is 0 Å². The maximum atomic E-state index is 5.45. The molecule has 0 radical (unpaired) electrons. The minimum atomic E-state index is 0.588. The summed E-state index contributed by atoms with van der Waals surface area (Å²) < 4.78 is 5.45. The van der Waals surface area contributed by atoms with Crippen molar-refractivity contribution >= 4 is 6.08 Å². The summed E-state index contributed by atoms with van der Waals surface area (Å²) in [6, 6.07) is 6.13. The van der Waals surface area contributed by atoms with Gasteiger partial charge in [-0.25, -0.2) is 0 Å². The predicted molar refractivity (Wildman–Crippen MR) is 53.7 cm³/mol. The molecule has 0 saturated heterocycles. The second-order valence-corrected chi connectivity index (χ2v) is 3.06. The van der Waals surface area contributed by atoms with Crippen LogP contribution in [0.1, 0.15) is 11.1 Å². The second-order valence-electron chi connectivity index (χ2n) is 3.06. The fourth-order valence-electron chi connectivity index (χ4n) is 1.60. The van der Waals surface area contributed by atoms with Crippen LogP contribution in [0.4, 0.5) is 0 Å². The molecule has 0 aliphatic carbocycles. The Morgan fingerprint density at radius 2 is 2.38 bits per heavy atom. The summed E-state index contributed by atoms with van der Waals surface area (Å²) in [7, 11) is 0. The molecule has 1 aliphatic rings. The molecule has 1 aliphatic heterocycles. The molecule has 2 rings (SSSR count). The van der Waals surface area contributed by atoms with Crippen LogP contribution in [0.15, 0.2) is 24.3 Å². The van der Waals surface area contributed by atoms with Gasteiger partial charge in [-0.15, -0.1) is 0 Å². The zero-order valence-electron chi connectivity index (χ0n) is 7.49. The highest BCUT2D eigenvalue weighted by atomic mass is 16.5. The summed E-state index contributed by atoms with van der Waals surface area (Å²) >= 11 is 0. The van der Waals surface area contributed by atoms with Crippen molar-refractivity contribution in [1.82, 2.24) is 0 Å². The maximum Gasteiger partial charge on any atom is 0.123 e. The fourth-order valence-corrected chi connectivity index (χ4v) is 1.60. The Kier molecular flexibility index (Phi) is 2.32. The van der Waals surface area contributed by atoms with Gasteiger partial charge in [0.1, 0.15) is 5.75 Å². The van der Waals surface area contributed by atoms with Crippen molar-refractivity contribution in [2.45, 2.75) is 6.42 Å². The molecule has 68 valence electrons. The molecule has 1 heterocycles. The molecule has 0 atom stereocenters. The van der Waals surface area contributed by atoms with Crippen LogP contribution >= 0.6 is 0 Å². The highest BCUT2D eigenvalue weighted by Gasteiger charge is 2.13. The van der Waals surface area contributed by atoms with Gasteiger partial charge in [-0.3, -0.25) is 0 Å². The summed E-state index contributed by atoms with van der Waals surface area (Å²) in [5.74, 6) is 1.03. The molecule has 0 bridgehead atoms. The molecule has 0 saturated carbocycles. The van der Waals surface area contributed by atoms with Crippen LogP contribution in [0.3, 0.4) is 0 Å². The van der Waals surface area contributed by atoms with Crippen LogP contribution in [0.25, 0.3) is 6.08 Å². The van der Waals surface area contributed by atoms with Crippen LogP contribution in [-0.2, 0) is 6.42 Å². The highest BCUT2D eigenvalue weighted by molar-refractivity contribution is 5.59. The Morgan fingerprint density at radius 1 is 1.46 bits per heavy atom. The third-order valence-electron chi connectivity index (χ3n) is 2.21. The maximum absolute atomic E-state index is 5.45. The first kappa shape index (κ1) is 8.32. The third-order valence-corrected chi connectivity index (χ3v) is 2.21. The van der Waals surface area contributed by atoms with Gasteiger partial charge >= 0.3 is 0 Å². The normalized spacial score (nSPS) is 14.5. The molecule has 13 heavy (non-hydrogen) atoms. The monoisotopic (exact) mass is 175 g/mol. The van der Waals surface area contributed by atoms with E-state index in [2.05, 4.69) is 12.1 Å². The number of benzene rings is 1. The molecule has 0 aromatic heterocycles. The molecule has 0 unspecified atom stereocenters.